The van der Waals surface area contributed by atoms with Gasteiger partial charge in [0.1, 0.15) is 6.61 Å². The van der Waals surface area contributed by atoms with Crippen LogP contribution >= 0.6 is 46.1 Å². The number of benzene rings is 1. The Morgan fingerprint density at radius 3 is 2.50 bits per heavy atom. The first-order valence-corrected chi connectivity index (χ1v) is 8.10. The Kier molecular flexibility index (Phi) is 6.00. The summed E-state index contributed by atoms with van der Waals surface area (Å²) in [6.45, 7) is 4.16. The van der Waals surface area contributed by atoms with Gasteiger partial charge in [0.25, 0.3) is 0 Å². The third-order valence-electron chi connectivity index (χ3n) is 2.74. The summed E-state index contributed by atoms with van der Waals surface area (Å²) in [5.41, 5.74) is 1.31. The first-order valence-electron chi connectivity index (χ1n) is 6.09. The van der Waals surface area contributed by atoms with Crippen LogP contribution in [0.4, 0.5) is 0 Å². The molecule has 0 aliphatic rings. The van der Waals surface area contributed by atoms with Crippen LogP contribution in [0.5, 0.6) is 5.75 Å². The van der Waals surface area contributed by atoms with E-state index in [-0.39, 0.29) is 0 Å². The maximum atomic E-state index is 6.04. The molecule has 0 aliphatic carbocycles. The Labute approximate surface area is 137 Å². The Morgan fingerprint density at radius 2 is 1.90 bits per heavy atom. The molecular formula is C14H14Cl3NOS. The average molecular weight is 351 g/mol. The van der Waals surface area contributed by atoms with Crippen LogP contribution in [0.25, 0.3) is 0 Å². The molecule has 0 aliphatic heterocycles. The van der Waals surface area contributed by atoms with Crippen molar-refractivity contribution in [2.75, 3.05) is 13.2 Å². The molecule has 1 N–H and O–H groups in total. The molecule has 108 valence electrons. The second-order valence-electron chi connectivity index (χ2n) is 4.25. The molecule has 20 heavy (non-hydrogen) atoms. The normalized spacial score (nSPS) is 10.8. The van der Waals surface area contributed by atoms with Gasteiger partial charge in [-0.15, -0.1) is 11.3 Å². The van der Waals surface area contributed by atoms with Crippen molar-refractivity contribution in [1.29, 1.82) is 0 Å². The van der Waals surface area contributed by atoms with E-state index in [9.17, 15) is 0 Å². The highest BCUT2D eigenvalue weighted by atomic mass is 35.5. The predicted molar refractivity (Wildman–Crippen MR) is 87.7 cm³/mol. The third-order valence-corrected chi connectivity index (χ3v) is 4.54. The number of thiophene rings is 1. The molecule has 0 unspecified atom stereocenters. The van der Waals surface area contributed by atoms with E-state index in [0.29, 0.717) is 34.0 Å². The van der Waals surface area contributed by atoms with E-state index in [1.807, 2.05) is 0 Å². The highest BCUT2D eigenvalue weighted by Gasteiger charge is 2.08. The maximum absolute atomic E-state index is 6.04. The first-order chi connectivity index (χ1) is 9.58. The van der Waals surface area contributed by atoms with Gasteiger partial charge in [-0.25, -0.2) is 0 Å². The number of hydrogen-bond acceptors (Lipinski definition) is 3. The second kappa shape index (κ2) is 7.53. The summed E-state index contributed by atoms with van der Waals surface area (Å²) in [6, 6.07) is 5.35. The van der Waals surface area contributed by atoms with E-state index in [1.165, 1.54) is 10.4 Å². The van der Waals surface area contributed by atoms with Gasteiger partial charge < -0.3 is 10.1 Å². The Hall–Kier alpha value is -0.450. The van der Waals surface area contributed by atoms with Crippen LogP contribution in [-0.2, 0) is 6.54 Å². The fourth-order valence-corrected chi connectivity index (χ4v) is 3.48. The molecule has 0 fully saturated rings. The molecule has 2 nitrogen and oxygen atoms in total. The van der Waals surface area contributed by atoms with Crippen LogP contribution < -0.4 is 10.1 Å². The van der Waals surface area contributed by atoms with Crippen LogP contribution in [0.15, 0.2) is 23.6 Å². The SMILES string of the molecule is Cc1ccsc1CNCCOc1c(Cl)cc(Cl)cc1Cl. The van der Waals surface area contributed by atoms with Gasteiger partial charge in [0.2, 0.25) is 0 Å². The van der Waals surface area contributed by atoms with Crippen LogP contribution in [-0.4, -0.2) is 13.2 Å². The molecule has 0 saturated heterocycles. The van der Waals surface area contributed by atoms with Crippen molar-refractivity contribution in [2.24, 2.45) is 0 Å². The van der Waals surface area contributed by atoms with Crippen LogP contribution in [0.3, 0.4) is 0 Å². The van der Waals surface area contributed by atoms with Gasteiger partial charge in [-0.2, -0.15) is 0 Å². The zero-order valence-corrected chi connectivity index (χ0v) is 14.0. The van der Waals surface area contributed by atoms with E-state index in [0.717, 1.165) is 6.54 Å². The van der Waals surface area contributed by atoms with Crippen molar-refractivity contribution >= 4 is 46.1 Å². The number of aryl methyl sites for hydroxylation is 1. The van der Waals surface area contributed by atoms with E-state index < -0.39 is 0 Å². The van der Waals surface area contributed by atoms with Crippen molar-refractivity contribution in [3.05, 3.63) is 49.1 Å². The zero-order chi connectivity index (χ0) is 14.5. The zero-order valence-electron chi connectivity index (χ0n) is 10.9. The predicted octanol–water partition coefficient (Wildman–Crippen LogP) is 5.19. The van der Waals surface area contributed by atoms with Crippen molar-refractivity contribution in [1.82, 2.24) is 5.32 Å². The van der Waals surface area contributed by atoms with E-state index in [2.05, 4.69) is 23.7 Å². The van der Waals surface area contributed by atoms with Crippen LogP contribution in [0.1, 0.15) is 10.4 Å². The first kappa shape index (κ1) is 15.9. The fraction of sp³-hybridized carbons (Fsp3) is 0.286. The van der Waals surface area contributed by atoms with Gasteiger partial charge in [0.05, 0.1) is 10.0 Å². The van der Waals surface area contributed by atoms with Crippen LogP contribution in [0.2, 0.25) is 15.1 Å². The molecule has 0 bridgehead atoms. The summed E-state index contributed by atoms with van der Waals surface area (Å²) in [4.78, 5) is 1.34. The van der Waals surface area contributed by atoms with Crippen molar-refractivity contribution < 1.29 is 4.74 Å². The molecular weight excluding hydrogens is 337 g/mol. The van der Waals surface area contributed by atoms with E-state index in [4.69, 9.17) is 39.5 Å². The Morgan fingerprint density at radius 1 is 1.20 bits per heavy atom. The molecule has 2 aromatic rings. The fourth-order valence-electron chi connectivity index (χ4n) is 1.68. The minimum Gasteiger partial charge on any atom is -0.489 e. The molecule has 1 aromatic carbocycles. The second-order valence-corrected chi connectivity index (χ2v) is 6.50. The highest BCUT2D eigenvalue weighted by molar-refractivity contribution is 7.10. The van der Waals surface area contributed by atoms with Gasteiger partial charge in [0.15, 0.2) is 5.75 Å². The summed E-state index contributed by atoms with van der Waals surface area (Å²) < 4.78 is 5.59. The number of rotatable bonds is 6. The minimum absolute atomic E-state index is 0.427. The molecule has 0 spiro atoms. The van der Waals surface area contributed by atoms with Crippen molar-refractivity contribution in [2.45, 2.75) is 13.5 Å². The topological polar surface area (TPSA) is 21.3 Å². The lowest BCUT2D eigenvalue weighted by molar-refractivity contribution is 0.314. The van der Waals surface area contributed by atoms with E-state index in [1.54, 1.807) is 23.5 Å². The molecule has 0 saturated carbocycles. The Balaban J connectivity index is 1.78. The number of hydrogen-bond donors (Lipinski definition) is 1. The van der Waals surface area contributed by atoms with Gasteiger partial charge in [-0.3, -0.25) is 0 Å². The molecule has 0 radical (unpaired) electrons. The summed E-state index contributed by atoms with van der Waals surface area (Å²) >= 11 is 19.7. The molecule has 2 rings (SSSR count). The van der Waals surface area contributed by atoms with Crippen molar-refractivity contribution in [3.63, 3.8) is 0 Å². The van der Waals surface area contributed by atoms with Gasteiger partial charge in [-0.1, -0.05) is 34.8 Å². The lowest BCUT2D eigenvalue weighted by atomic mass is 10.3. The monoisotopic (exact) mass is 349 g/mol. The van der Waals surface area contributed by atoms with Gasteiger partial charge in [0, 0.05) is 23.0 Å². The Bertz CT molecular complexity index is 563. The quantitative estimate of drug-likeness (QED) is 0.724. The largest absolute Gasteiger partial charge is 0.489 e. The smallest absolute Gasteiger partial charge is 0.156 e. The number of nitrogens with one attached hydrogen (secondary N) is 1. The standard InChI is InChI=1S/C14H14Cl3NOS/c1-9-2-5-20-13(9)8-18-3-4-19-14-11(16)6-10(15)7-12(14)17/h2,5-7,18H,3-4,8H2,1H3. The third kappa shape index (κ3) is 4.27. The van der Waals surface area contributed by atoms with E-state index >= 15 is 0 Å². The molecule has 1 aromatic heterocycles. The number of ether oxygens (including phenoxy) is 1. The average Bonchev–Trinajstić information content (AvgIpc) is 2.77. The van der Waals surface area contributed by atoms with Gasteiger partial charge in [-0.05, 0) is 36.1 Å². The molecule has 1 heterocycles. The lowest BCUT2D eigenvalue weighted by Crippen LogP contribution is -2.20. The summed E-state index contributed by atoms with van der Waals surface area (Å²) in [5, 5.41) is 6.77. The summed E-state index contributed by atoms with van der Waals surface area (Å²) in [5.74, 6) is 0.479. The molecule has 6 heteroatoms. The summed E-state index contributed by atoms with van der Waals surface area (Å²) in [6.07, 6.45) is 0. The highest BCUT2D eigenvalue weighted by Crippen LogP contribution is 2.35. The molecule has 0 atom stereocenters. The minimum atomic E-state index is 0.427. The summed E-state index contributed by atoms with van der Waals surface area (Å²) in [7, 11) is 0. The van der Waals surface area contributed by atoms with Crippen LogP contribution in [0, 0.1) is 6.92 Å². The number of halogens is 3. The van der Waals surface area contributed by atoms with Gasteiger partial charge >= 0.3 is 0 Å². The van der Waals surface area contributed by atoms with Crippen molar-refractivity contribution in [3.8, 4) is 5.75 Å². The molecule has 0 amide bonds. The lowest BCUT2D eigenvalue weighted by Gasteiger charge is -2.11. The maximum Gasteiger partial charge on any atom is 0.156 e.